The summed E-state index contributed by atoms with van der Waals surface area (Å²) in [6.45, 7) is 0.0590. The van der Waals surface area contributed by atoms with Crippen molar-refractivity contribution in [1.82, 2.24) is 14.5 Å². The Balaban J connectivity index is 1.78. The number of amides is 1. The third-order valence-electron chi connectivity index (χ3n) is 6.56. The van der Waals surface area contributed by atoms with Crippen LogP contribution in [0.15, 0.2) is 47.3 Å². The van der Waals surface area contributed by atoms with E-state index in [0.29, 0.717) is 12.8 Å². The number of halogens is 2. The van der Waals surface area contributed by atoms with Crippen LogP contribution in [0.4, 0.5) is 8.78 Å². The van der Waals surface area contributed by atoms with Gasteiger partial charge in [0.25, 0.3) is 5.91 Å². The summed E-state index contributed by atoms with van der Waals surface area (Å²) in [5, 5.41) is 12.5. The van der Waals surface area contributed by atoms with E-state index >= 15 is 0 Å². The Bertz CT molecular complexity index is 1410. The molecule has 2 aromatic carbocycles. The molecule has 4 rings (SSSR count). The molecule has 0 aliphatic carbocycles. The molecule has 1 saturated heterocycles. The van der Waals surface area contributed by atoms with Crippen molar-refractivity contribution in [3.63, 3.8) is 0 Å². The Morgan fingerprint density at radius 1 is 1.11 bits per heavy atom. The van der Waals surface area contributed by atoms with E-state index in [1.165, 1.54) is 54.0 Å². The number of carbonyl (C=O) groups excluding carboxylic acids is 1. The van der Waals surface area contributed by atoms with Crippen molar-refractivity contribution in [2.24, 2.45) is 0 Å². The summed E-state index contributed by atoms with van der Waals surface area (Å²) in [5.74, 6) is -1.57. The molecule has 3 aromatic rings. The highest BCUT2D eigenvalue weighted by molar-refractivity contribution is 8.24. The molecule has 13 heteroatoms. The fourth-order valence-electron chi connectivity index (χ4n) is 4.37. The molecule has 200 valence electrons. The first-order chi connectivity index (χ1) is 17.3. The molecule has 10 nitrogen and oxygen atoms in total. The van der Waals surface area contributed by atoms with Crippen LogP contribution >= 0.6 is 10.6 Å². The molecular formula is C24H27F2N3O7S. The van der Waals surface area contributed by atoms with Crippen molar-refractivity contribution < 1.29 is 37.3 Å². The summed E-state index contributed by atoms with van der Waals surface area (Å²) in [4.78, 5) is 38.3. The number of aromatic nitrogens is 2. The van der Waals surface area contributed by atoms with Crippen LogP contribution in [0.3, 0.4) is 0 Å². The van der Waals surface area contributed by atoms with Crippen molar-refractivity contribution in [2.75, 3.05) is 11.5 Å². The van der Waals surface area contributed by atoms with E-state index in [9.17, 15) is 37.4 Å². The minimum absolute atomic E-state index is 0.163. The van der Waals surface area contributed by atoms with Gasteiger partial charge >= 0.3 is 18.3 Å². The molecule has 0 bridgehead atoms. The average Bonchev–Trinajstić information content (AvgIpc) is 3.11. The summed E-state index contributed by atoms with van der Waals surface area (Å²) >= 11 is 0. The minimum Gasteiger partial charge on any atom is -0.480 e. The molecule has 4 N–H and O–H groups in total. The number of benzene rings is 2. The number of nitrogens with zero attached hydrogens (tertiary/aromatic N) is 2. The SMILES string of the molecule is CC(C(=O)O)n1c(=O)n(-c2cccc(OC(F)F)c2)c2ccc(C(=O)NC3(C)CCS(O)(O)CC3)cc21. The maximum Gasteiger partial charge on any atom is 0.387 e. The Morgan fingerprint density at radius 3 is 2.41 bits per heavy atom. The van der Waals surface area contributed by atoms with Gasteiger partial charge in [0.15, 0.2) is 0 Å². The van der Waals surface area contributed by atoms with Crippen LogP contribution < -0.4 is 15.7 Å². The summed E-state index contributed by atoms with van der Waals surface area (Å²) in [6, 6.07) is 8.51. The maximum atomic E-state index is 13.4. The number of hydrogen-bond acceptors (Lipinski definition) is 6. The number of fused-ring (bicyclic) bond motifs is 1. The molecule has 1 aliphatic rings. The first kappa shape index (κ1) is 26.6. The van der Waals surface area contributed by atoms with E-state index in [2.05, 4.69) is 10.1 Å². The molecular weight excluding hydrogens is 512 g/mol. The van der Waals surface area contributed by atoms with Crippen molar-refractivity contribution >= 4 is 33.5 Å². The van der Waals surface area contributed by atoms with Gasteiger partial charge in [0.1, 0.15) is 11.8 Å². The molecule has 2 heterocycles. The zero-order chi connectivity index (χ0) is 27.1. The van der Waals surface area contributed by atoms with E-state index in [-0.39, 0.29) is 39.5 Å². The number of nitrogens with one attached hydrogen (secondary N) is 1. The van der Waals surface area contributed by atoms with E-state index in [1.54, 1.807) is 0 Å². The molecule has 0 radical (unpaired) electrons. The van der Waals surface area contributed by atoms with Crippen LogP contribution in [-0.2, 0) is 4.79 Å². The van der Waals surface area contributed by atoms with Crippen LogP contribution in [0, 0.1) is 0 Å². The fourth-order valence-corrected chi connectivity index (χ4v) is 6.13. The summed E-state index contributed by atoms with van der Waals surface area (Å²) in [7, 11) is -2.64. The number of ether oxygens (including phenoxy) is 1. The van der Waals surface area contributed by atoms with Crippen LogP contribution in [-0.4, -0.2) is 58.9 Å². The van der Waals surface area contributed by atoms with Gasteiger partial charge in [-0.3, -0.25) is 23.0 Å². The molecule has 1 fully saturated rings. The third kappa shape index (κ3) is 5.48. The fraction of sp³-hybridized carbons (Fsp3) is 0.375. The average molecular weight is 540 g/mol. The Labute approximate surface area is 211 Å². The highest BCUT2D eigenvalue weighted by atomic mass is 32.3. The quantitative estimate of drug-likeness (QED) is 0.354. The van der Waals surface area contributed by atoms with Crippen molar-refractivity contribution in [3.05, 3.63) is 58.5 Å². The number of hydrogen-bond donors (Lipinski definition) is 4. The number of imidazole rings is 1. The first-order valence-corrected chi connectivity index (χ1v) is 13.3. The lowest BCUT2D eigenvalue weighted by Gasteiger charge is -2.44. The molecule has 1 atom stereocenters. The van der Waals surface area contributed by atoms with Crippen LogP contribution in [0.1, 0.15) is 43.1 Å². The lowest BCUT2D eigenvalue weighted by molar-refractivity contribution is -0.140. The maximum absolute atomic E-state index is 13.4. The number of aliphatic carboxylic acids is 1. The van der Waals surface area contributed by atoms with E-state index in [0.717, 1.165) is 4.57 Å². The Kier molecular flexibility index (Phi) is 7.06. The predicted molar refractivity (Wildman–Crippen MR) is 134 cm³/mol. The monoisotopic (exact) mass is 539 g/mol. The van der Waals surface area contributed by atoms with Gasteiger partial charge in [0.2, 0.25) is 0 Å². The largest absolute Gasteiger partial charge is 0.480 e. The van der Waals surface area contributed by atoms with Crippen LogP contribution in [0.25, 0.3) is 16.7 Å². The highest BCUT2D eigenvalue weighted by Gasteiger charge is 2.35. The van der Waals surface area contributed by atoms with Gasteiger partial charge in [-0.05, 0) is 57.0 Å². The summed E-state index contributed by atoms with van der Waals surface area (Å²) in [6.07, 6.45) is 0.745. The van der Waals surface area contributed by atoms with Gasteiger partial charge in [-0.2, -0.15) is 19.4 Å². The second-order valence-corrected chi connectivity index (χ2v) is 11.7. The predicted octanol–water partition coefficient (Wildman–Crippen LogP) is 4.07. The number of alkyl halides is 2. The molecule has 1 aliphatic heterocycles. The van der Waals surface area contributed by atoms with Gasteiger partial charge in [0, 0.05) is 28.7 Å². The highest BCUT2D eigenvalue weighted by Crippen LogP contribution is 2.46. The zero-order valence-electron chi connectivity index (χ0n) is 20.1. The van der Waals surface area contributed by atoms with Gasteiger partial charge < -0.3 is 15.2 Å². The summed E-state index contributed by atoms with van der Waals surface area (Å²) in [5.41, 5.74) is -0.628. The number of rotatable bonds is 7. The zero-order valence-corrected chi connectivity index (χ0v) is 20.9. The smallest absolute Gasteiger partial charge is 0.387 e. The topological polar surface area (TPSA) is 143 Å². The van der Waals surface area contributed by atoms with Crippen LogP contribution in [0.5, 0.6) is 5.75 Å². The molecule has 1 amide bonds. The molecule has 1 aromatic heterocycles. The van der Waals surface area contributed by atoms with Crippen molar-refractivity contribution in [2.45, 2.75) is 44.9 Å². The second kappa shape index (κ2) is 9.80. The Hall–Kier alpha value is -3.42. The third-order valence-corrected chi connectivity index (χ3v) is 8.27. The molecule has 1 unspecified atom stereocenters. The number of carbonyl (C=O) groups is 2. The van der Waals surface area contributed by atoms with Gasteiger partial charge in [-0.15, -0.1) is 0 Å². The Morgan fingerprint density at radius 2 is 1.78 bits per heavy atom. The van der Waals surface area contributed by atoms with Gasteiger partial charge in [-0.1, -0.05) is 6.07 Å². The van der Waals surface area contributed by atoms with E-state index < -0.39 is 46.3 Å². The lowest BCUT2D eigenvalue weighted by Crippen LogP contribution is -2.50. The van der Waals surface area contributed by atoms with E-state index in [4.69, 9.17) is 0 Å². The van der Waals surface area contributed by atoms with Crippen molar-refractivity contribution in [3.8, 4) is 11.4 Å². The van der Waals surface area contributed by atoms with E-state index in [1.807, 2.05) is 6.92 Å². The minimum atomic E-state index is -3.07. The first-order valence-electron chi connectivity index (χ1n) is 11.4. The molecule has 0 spiro atoms. The van der Waals surface area contributed by atoms with Crippen molar-refractivity contribution in [1.29, 1.82) is 0 Å². The van der Waals surface area contributed by atoms with Gasteiger partial charge in [-0.25, -0.2) is 9.59 Å². The second-order valence-electron chi connectivity index (χ2n) is 9.31. The molecule has 0 saturated carbocycles. The summed E-state index contributed by atoms with van der Waals surface area (Å²) < 4.78 is 51.8. The van der Waals surface area contributed by atoms with Gasteiger partial charge in [0.05, 0.1) is 16.7 Å². The number of carboxylic acid groups (broad SMARTS) is 1. The standard InChI is InChI=1S/C24H27F2N3O7S/c1-14(21(31)32)28-19-12-15(20(30)27-24(2)8-10-37(34,35)11-9-24)6-7-18(19)29(23(28)33)16-4-3-5-17(13-16)36-22(25)26/h3-7,12-14,22,34-35H,8-11H2,1-2H3,(H,27,30)(H,31,32). The normalized spacial score (nSPS) is 18.4. The number of carboxylic acids is 1. The lowest BCUT2D eigenvalue weighted by atomic mass is 9.94. The van der Waals surface area contributed by atoms with Crippen LogP contribution in [0.2, 0.25) is 0 Å². The molecule has 37 heavy (non-hydrogen) atoms.